The summed E-state index contributed by atoms with van der Waals surface area (Å²) in [5.41, 5.74) is 2.13. The average Bonchev–Trinajstić information content (AvgIpc) is 2.10. The Morgan fingerprint density at radius 3 is 2.57 bits per heavy atom. The molecule has 0 aromatic heterocycles. The fourth-order valence-corrected chi connectivity index (χ4v) is 1.45. The van der Waals surface area contributed by atoms with Crippen LogP contribution in [0.4, 0.5) is 0 Å². The van der Waals surface area contributed by atoms with Crippen molar-refractivity contribution in [2.24, 2.45) is 11.8 Å². The smallest absolute Gasteiger partial charge is 0.233 e. The zero-order valence-corrected chi connectivity index (χ0v) is 9.55. The van der Waals surface area contributed by atoms with Crippen LogP contribution in [0.2, 0.25) is 0 Å². The summed E-state index contributed by atoms with van der Waals surface area (Å²) in [6, 6.07) is 0. The quantitative estimate of drug-likeness (QED) is 0.276. The third kappa shape index (κ3) is 8.01. The van der Waals surface area contributed by atoms with Gasteiger partial charge in [0.15, 0.2) is 0 Å². The number of hydrazine groups is 1. The van der Waals surface area contributed by atoms with Gasteiger partial charge in [0.05, 0.1) is 0 Å². The average molecular weight is 201 g/mol. The molecule has 0 aliphatic rings. The molecule has 0 fully saturated rings. The molecule has 4 heteroatoms. The van der Waals surface area contributed by atoms with Gasteiger partial charge < -0.3 is 4.90 Å². The van der Waals surface area contributed by atoms with Crippen LogP contribution >= 0.6 is 0 Å². The normalized spacial score (nSPS) is 11.0. The Kier molecular flexibility index (Phi) is 7.42. The molecule has 0 saturated carbocycles. The van der Waals surface area contributed by atoms with Crippen LogP contribution in [0, 0.1) is 5.92 Å². The lowest BCUT2D eigenvalue weighted by molar-refractivity contribution is -0.121. The minimum Gasteiger partial charge on any atom is -0.306 e. The van der Waals surface area contributed by atoms with Crippen LogP contribution in [0.15, 0.2) is 0 Å². The molecule has 0 unspecified atom stereocenters. The zero-order chi connectivity index (χ0) is 11.0. The fourth-order valence-electron chi connectivity index (χ4n) is 1.45. The third-order valence-electron chi connectivity index (χ3n) is 2.03. The van der Waals surface area contributed by atoms with E-state index in [4.69, 9.17) is 5.84 Å². The molecule has 84 valence electrons. The number of amides is 1. The number of rotatable bonds is 7. The Labute approximate surface area is 86.8 Å². The first kappa shape index (κ1) is 13.4. The summed E-state index contributed by atoms with van der Waals surface area (Å²) in [6.45, 7) is 6.58. The minimum atomic E-state index is -0.0727. The fraction of sp³-hybridized carbons (Fsp3) is 0.900. The summed E-state index contributed by atoms with van der Waals surface area (Å²) < 4.78 is 0. The number of unbranched alkanes of at least 4 members (excludes halogenated alkanes) is 1. The van der Waals surface area contributed by atoms with Crippen LogP contribution in [0.3, 0.4) is 0 Å². The summed E-state index contributed by atoms with van der Waals surface area (Å²) in [6.07, 6.45) is 2.49. The number of carbonyl (C=O) groups excluding carboxylic acids is 1. The van der Waals surface area contributed by atoms with Gasteiger partial charge in [0.25, 0.3) is 0 Å². The predicted molar refractivity (Wildman–Crippen MR) is 58.5 cm³/mol. The van der Waals surface area contributed by atoms with Crippen LogP contribution in [0.1, 0.15) is 33.1 Å². The molecule has 0 rings (SSSR count). The molecule has 0 aromatic rings. The molecule has 14 heavy (non-hydrogen) atoms. The van der Waals surface area contributed by atoms with Crippen molar-refractivity contribution in [2.75, 3.05) is 20.1 Å². The Morgan fingerprint density at radius 1 is 1.43 bits per heavy atom. The van der Waals surface area contributed by atoms with Crippen LogP contribution in [-0.2, 0) is 4.79 Å². The highest BCUT2D eigenvalue weighted by atomic mass is 16.2. The van der Waals surface area contributed by atoms with Crippen molar-refractivity contribution in [2.45, 2.75) is 33.1 Å². The summed E-state index contributed by atoms with van der Waals surface area (Å²) in [5, 5.41) is 0. The van der Waals surface area contributed by atoms with Crippen molar-refractivity contribution in [3.8, 4) is 0 Å². The van der Waals surface area contributed by atoms with E-state index < -0.39 is 0 Å². The Balaban J connectivity index is 3.31. The third-order valence-corrected chi connectivity index (χ3v) is 2.03. The SMILES string of the molecule is CC(C)CN(C)CCCCC(=O)NN. The van der Waals surface area contributed by atoms with E-state index in [2.05, 4.69) is 31.2 Å². The highest BCUT2D eigenvalue weighted by molar-refractivity contribution is 5.74. The van der Waals surface area contributed by atoms with E-state index in [0.29, 0.717) is 12.3 Å². The molecule has 0 bridgehead atoms. The zero-order valence-electron chi connectivity index (χ0n) is 9.55. The lowest BCUT2D eigenvalue weighted by atomic mass is 10.2. The first-order chi connectivity index (χ1) is 6.56. The summed E-state index contributed by atoms with van der Waals surface area (Å²) in [7, 11) is 2.11. The first-order valence-corrected chi connectivity index (χ1v) is 5.24. The maximum absolute atomic E-state index is 10.8. The van der Waals surface area contributed by atoms with Crippen LogP contribution in [0.25, 0.3) is 0 Å². The highest BCUT2D eigenvalue weighted by Gasteiger charge is 2.02. The van der Waals surface area contributed by atoms with Crippen LogP contribution < -0.4 is 11.3 Å². The van der Waals surface area contributed by atoms with Gasteiger partial charge in [-0.3, -0.25) is 10.2 Å². The van der Waals surface area contributed by atoms with Gasteiger partial charge in [-0.2, -0.15) is 0 Å². The van der Waals surface area contributed by atoms with Crippen molar-refractivity contribution in [3.05, 3.63) is 0 Å². The van der Waals surface area contributed by atoms with E-state index in [1.807, 2.05) is 0 Å². The predicted octanol–water partition coefficient (Wildman–Crippen LogP) is 0.734. The molecule has 0 aliphatic carbocycles. The van der Waals surface area contributed by atoms with Gasteiger partial charge in [-0.1, -0.05) is 13.8 Å². The van der Waals surface area contributed by atoms with Gasteiger partial charge in [-0.25, -0.2) is 5.84 Å². The number of nitrogens with one attached hydrogen (secondary N) is 1. The van der Waals surface area contributed by atoms with E-state index in [1.54, 1.807) is 0 Å². The van der Waals surface area contributed by atoms with E-state index in [0.717, 1.165) is 25.9 Å². The Hall–Kier alpha value is -0.610. The number of hydrogen-bond acceptors (Lipinski definition) is 3. The van der Waals surface area contributed by atoms with Gasteiger partial charge in [-0.05, 0) is 32.4 Å². The highest BCUT2D eigenvalue weighted by Crippen LogP contribution is 2.00. The van der Waals surface area contributed by atoms with Crippen molar-refractivity contribution in [1.82, 2.24) is 10.3 Å². The molecule has 0 spiro atoms. The molecule has 0 aliphatic heterocycles. The maximum Gasteiger partial charge on any atom is 0.233 e. The standard InChI is InChI=1S/C10H23N3O/c1-9(2)8-13(3)7-5-4-6-10(14)12-11/h9H,4-8,11H2,1-3H3,(H,12,14). The number of nitrogens with zero attached hydrogens (tertiary/aromatic N) is 1. The van der Waals surface area contributed by atoms with Crippen LogP contribution in [0.5, 0.6) is 0 Å². The van der Waals surface area contributed by atoms with E-state index >= 15 is 0 Å². The minimum absolute atomic E-state index is 0.0727. The molecule has 0 radical (unpaired) electrons. The second-order valence-electron chi connectivity index (χ2n) is 4.18. The van der Waals surface area contributed by atoms with Crippen molar-refractivity contribution in [1.29, 1.82) is 0 Å². The van der Waals surface area contributed by atoms with Crippen molar-refractivity contribution < 1.29 is 4.79 Å². The second-order valence-corrected chi connectivity index (χ2v) is 4.18. The molecule has 0 heterocycles. The second kappa shape index (κ2) is 7.76. The number of carbonyl (C=O) groups is 1. The monoisotopic (exact) mass is 201 g/mol. The largest absolute Gasteiger partial charge is 0.306 e. The number of nitrogens with two attached hydrogens (primary N) is 1. The molecule has 1 amide bonds. The molecular weight excluding hydrogens is 178 g/mol. The van der Waals surface area contributed by atoms with Crippen molar-refractivity contribution in [3.63, 3.8) is 0 Å². The van der Waals surface area contributed by atoms with E-state index in [1.165, 1.54) is 0 Å². The molecule has 4 nitrogen and oxygen atoms in total. The van der Waals surface area contributed by atoms with Gasteiger partial charge >= 0.3 is 0 Å². The number of hydrogen-bond donors (Lipinski definition) is 2. The molecular formula is C10H23N3O. The molecule has 0 atom stereocenters. The Morgan fingerprint density at radius 2 is 2.07 bits per heavy atom. The van der Waals surface area contributed by atoms with Crippen molar-refractivity contribution >= 4 is 5.91 Å². The summed E-state index contributed by atoms with van der Waals surface area (Å²) in [4.78, 5) is 13.1. The molecule has 0 aromatic carbocycles. The lowest BCUT2D eigenvalue weighted by Crippen LogP contribution is -2.30. The van der Waals surface area contributed by atoms with Gasteiger partial charge in [0.1, 0.15) is 0 Å². The van der Waals surface area contributed by atoms with Gasteiger partial charge in [0.2, 0.25) is 5.91 Å². The molecule has 0 saturated heterocycles. The Bertz CT molecular complexity index is 159. The summed E-state index contributed by atoms with van der Waals surface area (Å²) >= 11 is 0. The lowest BCUT2D eigenvalue weighted by Gasteiger charge is -2.18. The topological polar surface area (TPSA) is 58.4 Å². The van der Waals surface area contributed by atoms with E-state index in [9.17, 15) is 4.79 Å². The van der Waals surface area contributed by atoms with Gasteiger partial charge in [0, 0.05) is 13.0 Å². The van der Waals surface area contributed by atoms with E-state index in [-0.39, 0.29) is 5.91 Å². The van der Waals surface area contributed by atoms with Crippen LogP contribution in [-0.4, -0.2) is 30.9 Å². The summed E-state index contributed by atoms with van der Waals surface area (Å²) in [5.74, 6) is 5.60. The first-order valence-electron chi connectivity index (χ1n) is 5.24. The molecule has 3 N–H and O–H groups in total. The maximum atomic E-state index is 10.8. The van der Waals surface area contributed by atoms with Gasteiger partial charge in [-0.15, -0.1) is 0 Å².